The van der Waals surface area contributed by atoms with Gasteiger partial charge in [-0.2, -0.15) is 16.9 Å². The highest BCUT2D eigenvalue weighted by atomic mass is 32.2. The number of carbonyl (C=O) groups excluding carboxylic acids is 1. The van der Waals surface area contributed by atoms with Gasteiger partial charge < -0.3 is 10.6 Å². The maximum Gasteiger partial charge on any atom is 0.272 e. The summed E-state index contributed by atoms with van der Waals surface area (Å²) in [5.41, 5.74) is 0.553. The van der Waals surface area contributed by atoms with Crippen molar-refractivity contribution in [3.05, 3.63) is 18.0 Å². The lowest BCUT2D eigenvalue weighted by Gasteiger charge is -2.23. The fraction of sp³-hybridized carbons (Fsp3) is 0.750. The normalized spacial score (nSPS) is 28.7. The first-order valence-electron chi connectivity index (χ1n) is 8.46. The van der Waals surface area contributed by atoms with E-state index in [0.717, 1.165) is 31.7 Å². The molecule has 122 valence electrons. The SMILES string of the molecule is CCSC1CCCC1NC(=O)c1ccn(C2CCCNC2)n1. The van der Waals surface area contributed by atoms with Crippen LogP contribution in [0.5, 0.6) is 0 Å². The molecule has 3 rings (SSSR count). The van der Waals surface area contributed by atoms with Crippen LogP contribution in [-0.2, 0) is 0 Å². The van der Waals surface area contributed by atoms with E-state index in [1.807, 2.05) is 28.7 Å². The van der Waals surface area contributed by atoms with Gasteiger partial charge in [-0.25, -0.2) is 0 Å². The molecule has 1 saturated carbocycles. The highest BCUT2D eigenvalue weighted by Gasteiger charge is 2.29. The minimum Gasteiger partial charge on any atom is -0.347 e. The smallest absolute Gasteiger partial charge is 0.272 e. The molecular formula is C16H26N4OS. The fourth-order valence-corrected chi connectivity index (χ4v) is 4.67. The van der Waals surface area contributed by atoms with Crippen molar-refractivity contribution in [1.29, 1.82) is 0 Å². The van der Waals surface area contributed by atoms with E-state index < -0.39 is 0 Å². The summed E-state index contributed by atoms with van der Waals surface area (Å²) in [5.74, 6) is 1.09. The van der Waals surface area contributed by atoms with Crippen LogP contribution in [0.4, 0.5) is 0 Å². The summed E-state index contributed by atoms with van der Waals surface area (Å²) in [6, 6.07) is 2.53. The lowest BCUT2D eigenvalue weighted by molar-refractivity contribution is 0.0932. The summed E-state index contributed by atoms with van der Waals surface area (Å²) in [6.45, 7) is 4.21. The van der Waals surface area contributed by atoms with E-state index in [0.29, 0.717) is 23.0 Å². The largest absolute Gasteiger partial charge is 0.347 e. The van der Waals surface area contributed by atoms with Crippen molar-refractivity contribution in [2.45, 2.75) is 56.4 Å². The van der Waals surface area contributed by atoms with Gasteiger partial charge in [0.25, 0.3) is 5.91 Å². The summed E-state index contributed by atoms with van der Waals surface area (Å²) in [7, 11) is 0. The quantitative estimate of drug-likeness (QED) is 0.873. The van der Waals surface area contributed by atoms with E-state index in [1.54, 1.807) is 0 Å². The predicted molar refractivity (Wildman–Crippen MR) is 90.4 cm³/mol. The molecule has 22 heavy (non-hydrogen) atoms. The monoisotopic (exact) mass is 322 g/mol. The van der Waals surface area contributed by atoms with Crippen LogP contribution in [0.15, 0.2) is 12.3 Å². The molecule has 0 spiro atoms. The number of hydrogen-bond donors (Lipinski definition) is 2. The van der Waals surface area contributed by atoms with Gasteiger partial charge in [-0.05, 0) is 44.0 Å². The van der Waals surface area contributed by atoms with Gasteiger partial charge in [-0.1, -0.05) is 13.3 Å². The van der Waals surface area contributed by atoms with Gasteiger partial charge >= 0.3 is 0 Å². The van der Waals surface area contributed by atoms with Crippen LogP contribution >= 0.6 is 11.8 Å². The third kappa shape index (κ3) is 3.66. The van der Waals surface area contributed by atoms with Crippen molar-refractivity contribution >= 4 is 17.7 Å². The number of thioether (sulfide) groups is 1. The molecule has 2 aliphatic rings. The molecule has 3 atom stereocenters. The Morgan fingerprint density at radius 2 is 2.36 bits per heavy atom. The van der Waals surface area contributed by atoms with Gasteiger partial charge in [0.05, 0.1) is 6.04 Å². The van der Waals surface area contributed by atoms with E-state index in [-0.39, 0.29) is 5.91 Å². The molecule has 5 nitrogen and oxygen atoms in total. The van der Waals surface area contributed by atoms with Crippen molar-refractivity contribution in [1.82, 2.24) is 20.4 Å². The van der Waals surface area contributed by atoms with Crippen LogP contribution in [0.3, 0.4) is 0 Å². The lowest BCUT2D eigenvalue weighted by Crippen LogP contribution is -2.39. The molecule has 1 saturated heterocycles. The summed E-state index contributed by atoms with van der Waals surface area (Å²) in [6.07, 6.45) is 7.77. The molecule has 2 N–H and O–H groups in total. The van der Waals surface area contributed by atoms with Crippen molar-refractivity contribution in [3.63, 3.8) is 0 Å². The number of aromatic nitrogens is 2. The zero-order chi connectivity index (χ0) is 15.4. The van der Waals surface area contributed by atoms with Crippen molar-refractivity contribution in [2.24, 2.45) is 0 Å². The summed E-state index contributed by atoms with van der Waals surface area (Å²) in [5, 5.41) is 11.7. The Balaban J connectivity index is 1.59. The minimum absolute atomic E-state index is 0.0175. The van der Waals surface area contributed by atoms with Gasteiger partial charge in [0.2, 0.25) is 0 Å². The van der Waals surface area contributed by atoms with Gasteiger partial charge in [0, 0.05) is 24.0 Å². The minimum atomic E-state index is -0.0175. The average molecular weight is 322 g/mol. The third-order valence-corrected chi connectivity index (χ3v) is 5.96. The van der Waals surface area contributed by atoms with Crippen molar-refractivity contribution < 1.29 is 4.79 Å². The number of nitrogens with one attached hydrogen (secondary N) is 2. The van der Waals surface area contributed by atoms with E-state index >= 15 is 0 Å². The Hall–Kier alpha value is -1.01. The third-order valence-electron chi connectivity index (χ3n) is 4.64. The second kappa shape index (κ2) is 7.51. The first kappa shape index (κ1) is 15.9. The molecule has 1 amide bonds. The molecule has 2 heterocycles. The van der Waals surface area contributed by atoms with Gasteiger partial charge in [-0.3, -0.25) is 9.48 Å². The Morgan fingerprint density at radius 3 is 3.14 bits per heavy atom. The molecule has 6 heteroatoms. The Kier molecular flexibility index (Phi) is 5.41. The van der Waals surface area contributed by atoms with Crippen LogP contribution < -0.4 is 10.6 Å². The number of carbonyl (C=O) groups is 1. The molecule has 1 aromatic heterocycles. The number of piperidine rings is 1. The summed E-state index contributed by atoms with van der Waals surface area (Å²) >= 11 is 1.96. The molecule has 1 aliphatic carbocycles. The number of hydrogen-bond acceptors (Lipinski definition) is 4. The standard InChI is InChI=1S/C16H26N4OS/c1-2-22-15-7-3-6-13(15)18-16(21)14-8-10-20(19-14)12-5-4-9-17-11-12/h8,10,12-13,15,17H,2-7,9,11H2,1H3,(H,18,21). The highest BCUT2D eigenvalue weighted by Crippen LogP contribution is 2.30. The first-order chi connectivity index (χ1) is 10.8. The van der Waals surface area contributed by atoms with Crippen LogP contribution in [0.2, 0.25) is 0 Å². The molecule has 1 aliphatic heterocycles. The lowest BCUT2D eigenvalue weighted by atomic mass is 10.1. The molecule has 1 aromatic rings. The Morgan fingerprint density at radius 1 is 1.45 bits per heavy atom. The van der Waals surface area contributed by atoms with Crippen LogP contribution in [0, 0.1) is 0 Å². The fourth-order valence-electron chi connectivity index (χ4n) is 3.47. The van der Waals surface area contributed by atoms with Gasteiger partial charge in [-0.15, -0.1) is 0 Å². The number of amides is 1. The van der Waals surface area contributed by atoms with E-state index in [2.05, 4.69) is 22.7 Å². The van der Waals surface area contributed by atoms with Crippen LogP contribution in [-0.4, -0.2) is 45.8 Å². The van der Waals surface area contributed by atoms with Crippen molar-refractivity contribution in [3.8, 4) is 0 Å². The topological polar surface area (TPSA) is 59.0 Å². The molecule has 0 aromatic carbocycles. The first-order valence-corrected chi connectivity index (χ1v) is 9.51. The molecular weight excluding hydrogens is 296 g/mol. The number of rotatable bonds is 5. The maximum atomic E-state index is 12.4. The highest BCUT2D eigenvalue weighted by molar-refractivity contribution is 7.99. The van der Waals surface area contributed by atoms with Crippen LogP contribution in [0.25, 0.3) is 0 Å². The predicted octanol–water partition coefficient (Wildman–Crippen LogP) is 2.21. The number of nitrogens with zero attached hydrogens (tertiary/aromatic N) is 2. The van der Waals surface area contributed by atoms with Gasteiger partial charge in [0.15, 0.2) is 0 Å². The van der Waals surface area contributed by atoms with E-state index in [1.165, 1.54) is 19.3 Å². The van der Waals surface area contributed by atoms with Crippen molar-refractivity contribution in [2.75, 3.05) is 18.8 Å². The van der Waals surface area contributed by atoms with E-state index in [9.17, 15) is 4.79 Å². The summed E-state index contributed by atoms with van der Waals surface area (Å²) < 4.78 is 1.95. The zero-order valence-corrected chi connectivity index (χ0v) is 14.1. The average Bonchev–Trinajstić information content (AvgIpc) is 3.19. The van der Waals surface area contributed by atoms with E-state index in [4.69, 9.17) is 0 Å². The second-order valence-corrected chi connectivity index (χ2v) is 7.70. The second-order valence-electron chi connectivity index (χ2n) is 6.19. The molecule has 3 unspecified atom stereocenters. The summed E-state index contributed by atoms with van der Waals surface area (Å²) in [4.78, 5) is 12.4. The van der Waals surface area contributed by atoms with Gasteiger partial charge in [0.1, 0.15) is 5.69 Å². The molecule has 2 fully saturated rings. The maximum absolute atomic E-state index is 12.4. The van der Waals surface area contributed by atoms with Crippen LogP contribution in [0.1, 0.15) is 55.6 Å². The zero-order valence-electron chi connectivity index (χ0n) is 13.3. The molecule has 0 radical (unpaired) electrons. The Bertz CT molecular complexity index is 498. The Labute approximate surface area is 136 Å². The molecule has 0 bridgehead atoms.